The zero-order valence-electron chi connectivity index (χ0n) is 10.8. The van der Waals surface area contributed by atoms with E-state index in [1.54, 1.807) is 6.92 Å². The zero-order chi connectivity index (χ0) is 12.3. The van der Waals surface area contributed by atoms with Crippen molar-refractivity contribution in [2.75, 3.05) is 0 Å². The number of hydrogen-bond donors (Lipinski definition) is 0. The highest BCUT2D eigenvalue weighted by Crippen LogP contribution is 2.22. The Morgan fingerprint density at radius 1 is 1.06 bits per heavy atom. The van der Waals surface area contributed by atoms with Gasteiger partial charge in [-0.05, 0) is 42.0 Å². The van der Waals surface area contributed by atoms with Crippen LogP contribution in [-0.4, -0.2) is 5.78 Å². The van der Waals surface area contributed by atoms with E-state index in [1.165, 1.54) is 5.56 Å². The SMILES string of the molecule is CC(=O)C(C)=Cc1ccc(C(C)(C)C)cc1. The Kier molecular flexibility index (Phi) is 3.69. The monoisotopic (exact) mass is 216 g/mol. The molecule has 1 aromatic rings. The average Bonchev–Trinajstić information content (AvgIpc) is 2.17. The Balaban J connectivity index is 2.97. The molecule has 0 N–H and O–H groups in total. The summed E-state index contributed by atoms with van der Waals surface area (Å²) in [5.41, 5.74) is 3.37. The fourth-order valence-electron chi connectivity index (χ4n) is 1.43. The van der Waals surface area contributed by atoms with Gasteiger partial charge in [-0.25, -0.2) is 0 Å². The molecular formula is C15H20O. The first kappa shape index (κ1) is 12.7. The van der Waals surface area contributed by atoms with Crippen LogP contribution in [0.2, 0.25) is 0 Å². The van der Waals surface area contributed by atoms with Crippen LogP contribution in [0.25, 0.3) is 6.08 Å². The molecule has 0 unspecified atom stereocenters. The van der Waals surface area contributed by atoms with E-state index in [0.717, 1.165) is 11.1 Å². The highest BCUT2D eigenvalue weighted by atomic mass is 16.1. The molecule has 0 bridgehead atoms. The largest absolute Gasteiger partial charge is 0.295 e. The lowest BCUT2D eigenvalue weighted by Gasteiger charge is -2.18. The van der Waals surface area contributed by atoms with Crippen LogP contribution in [0.5, 0.6) is 0 Å². The molecule has 0 radical (unpaired) electrons. The normalized spacial score (nSPS) is 12.7. The molecule has 0 heterocycles. The fourth-order valence-corrected chi connectivity index (χ4v) is 1.43. The first-order valence-electron chi connectivity index (χ1n) is 5.60. The van der Waals surface area contributed by atoms with Crippen molar-refractivity contribution in [1.29, 1.82) is 0 Å². The number of carbonyl (C=O) groups is 1. The number of carbonyl (C=O) groups excluding carboxylic acids is 1. The lowest BCUT2D eigenvalue weighted by molar-refractivity contribution is -0.113. The fraction of sp³-hybridized carbons (Fsp3) is 0.400. The summed E-state index contributed by atoms with van der Waals surface area (Å²) >= 11 is 0. The van der Waals surface area contributed by atoms with Crippen molar-refractivity contribution in [2.24, 2.45) is 0 Å². The van der Waals surface area contributed by atoms with Crippen molar-refractivity contribution in [1.82, 2.24) is 0 Å². The summed E-state index contributed by atoms with van der Waals surface area (Å²) in [7, 11) is 0. The maximum atomic E-state index is 11.1. The zero-order valence-corrected chi connectivity index (χ0v) is 10.8. The third kappa shape index (κ3) is 3.34. The van der Waals surface area contributed by atoms with Crippen molar-refractivity contribution in [3.8, 4) is 0 Å². The summed E-state index contributed by atoms with van der Waals surface area (Å²) in [5, 5.41) is 0. The minimum absolute atomic E-state index is 0.125. The van der Waals surface area contributed by atoms with E-state index in [4.69, 9.17) is 0 Å². The molecule has 0 spiro atoms. The highest BCUT2D eigenvalue weighted by molar-refractivity contribution is 5.97. The van der Waals surface area contributed by atoms with E-state index in [0.29, 0.717) is 0 Å². The molecule has 86 valence electrons. The second-order valence-electron chi connectivity index (χ2n) is 5.26. The van der Waals surface area contributed by atoms with Gasteiger partial charge < -0.3 is 0 Å². The van der Waals surface area contributed by atoms with Gasteiger partial charge in [0.25, 0.3) is 0 Å². The Bertz CT molecular complexity index is 402. The van der Waals surface area contributed by atoms with Gasteiger partial charge in [-0.2, -0.15) is 0 Å². The van der Waals surface area contributed by atoms with Crippen molar-refractivity contribution in [3.63, 3.8) is 0 Å². The Labute approximate surface area is 98.2 Å². The molecule has 0 aliphatic carbocycles. The predicted octanol–water partition coefficient (Wildman–Crippen LogP) is 3.98. The number of ketones is 1. The second-order valence-corrected chi connectivity index (χ2v) is 5.26. The van der Waals surface area contributed by atoms with E-state index in [1.807, 2.05) is 13.0 Å². The molecule has 0 aromatic heterocycles. The first-order valence-corrected chi connectivity index (χ1v) is 5.60. The molecule has 16 heavy (non-hydrogen) atoms. The van der Waals surface area contributed by atoms with Crippen LogP contribution >= 0.6 is 0 Å². The smallest absolute Gasteiger partial charge is 0.155 e. The summed E-state index contributed by atoms with van der Waals surface area (Å²) in [5.74, 6) is 0.125. The molecule has 0 saturated carbocycles. The van der Waals surface area contributed by atoms with Crippen molar-refractivity contribution < 1.29 is 4.79 Å². The second kappa shape index (κ2) is 4.65. The van der Waals surface area contributed by atoms with Crippen LogP contribution in [0.15, 0.2) is 29.8 Å². The maximum absolute atomic E-state index is 11.1. The molecule has 0 aliphatic rings. The molecular weight excluding hydrogens is 196 g/mol. The molecule has 0 atom stereocenters. The van der Waals surface area contributed by atoms with Crippen LogP contribution in [0.4, 0.5) is 0 Å². The Morgan fingerprint density at radius 2 is 1.56 bits per heavy atom. The lowest BCUT2D eigenvalue weighted by Crippen LogP contribution is -2.10. The topological polar surface area (TPSA) is 17.1 Å². The van der Waals surface area contributed by atoms with Gasteiger partial charge in [-0.15, -0.1) is 0 Å². The number of rotatable bonds is 2. The van der Waals surface area contributed by atoms with Crippen molar-refractivity contribution >= 4 is 11.9 Å². The molecule has 1 heteroatoms. The Hall–Kier alpha value is -1.37. The third-order valence-electron chi connectivity index (χ3n) is 2.72. The van der Waals surface area contributed by atoms with Gasteiger partial charge in [0, 0.05) is 0 Å². The van der Waals surface area contributed by atoms with E-state index in [-0.39, 0.29) is 11.2 Å². The van der Waals surface area contributed by atoms with Crippen LogP contribution in [-0.2, 0) is 10.2 Å². The predicted molar refractivity (Wildman–Crippen MR) is 69.5 cm³/mol. The molecule has 0 saturated heterocycles. The summed E-state index contributed by atoms with van der Waals surface area (Å²) < 4.78 is 0. The number of Topliss-reactive ketones (excluding diaryl/α,β-unsaturated/α-hetero) is 1. The number of benzene rings is 1. The molecule has 1 aromatic carbocycles. The van der Waals surface area contributed by atoms with E-state index in [9.17, 15) is 4.79 Å². The van der Waals surface area contributed by atoms with Gasteiger partial charge in [-0.3, -0.25) is 4.79 Å². The van der Waals surface area contributed by atoms with E-state index in [2.05, 4.69) is 45.0 Å². The molecule has 0 amide bonds. The molecule has 1 rings (SSSR count). The van der Waals surface area contributed by atoms with Gasteiger partial charge in [0.1, 0.15) is 0 Å². The maximum Gasteiger partial charge on any atom is 0.155 e. The number of allylic oxidation sites excluding steroid dienone is 1. The van der Waals surface area contributed by atoms with Gasteiger partial charge in [0.05, 0.1) is 0 Å². The third-order valence-corrected chi connectivity index (χ3v) is 2.72. The lowest BCUT2D eigenvalue weighted by atomic mass is 9.86. The minimum atomic E-state index is 0.125. The van der Waals surface area contributed by atoms with Crippen LogP contribution < -0.4 is 0 Å². The van der Waals surface area contributed by atoms with Gasteiger partial charge in [0.2, 0.25) is 0 Å². The first-order chi connectivity index (χ1) is 7.30. The van der Waals surface area contributed by atoms with Crippen LogP contribution in [0.1, 0.15) is 45.7 Å². The Morgan fingerprint density at radius 3 is 1.94 bits per heavy atom. The van der Waals surface area contributed by atoms with E-state index >= 15 is 0 Å². The van der Waals surface area contributed by atoms with Crippen molar-refractivity contribution in [3.05, 3.63) is 41.0 Å². The molecule has 0 aliphatic heterocycles. The summed E-state index contributed by atoms with van der Waals surface area (Å²) in [4.78, 5) is 11.1. The molecule has 1 nitrogen and oxygen atoms in total. The standard InChI is InChI=1S/C15H20O/c1-11(12(2)16)10-13-6-8-14(9-7-13)15(3,4)5/h6-10H,1-5H3. The van der Waals surface area contributed by atoms with Crippen LogP contribution in [0.3, 0.4) is 0 Å². The molecule has 0 fully saturated rings. The highest BCUT2D eigenvalue weighted by Gasteiger charge is 2.12. The summed E-state index contributed by atoms with van der Waals surface area (Å²) in [6, 6.07) is 8.37. The van der Waals surface area contributed by atoms with Crippen LogP contribution in [0, 0.1) is 0 Å². The van der Waals surface area contributed by atoms with Gasteiger partial charge >= 0.3 is 0 Å². The van der Waals surface area contributed by atoms with Gasteiger partial charge in [0.15, 0.2) is 5.78 Å². The van der Waals surface area contributed by atoms with Gasteiger partial charge in [-0.1, -0.05) is 45.0 Å². The van der Waals surface area contributed by atoms with E-state index < -0.39 is 0 Å². The number of hydrogen-bond acceptors (Lipinski definition) is 1. The average molecular weight is 216 g/mol. The van der Waals surface area contributed by atoms with Crippen molar-refractivity contribution in [2.45, 2.75) is 40.0 Å². The summed E-state index contributed by atoms with van der Waals surface area (Å²) in [6.45, 7) is 10.0. The summed E-state index contributed by atoms with van der Waals surface area (Å²) in [6.07, 6.45) is 1.93. The quantitative estimate of drug-likeness (QED) is 0.683. The minimum Gasteiger partial charge on any atom is -0.295 e.